The van der Waals surface area contributed by atoms with E-state index in [2.05, 4.69) is 26.5 Å². The van der Waals surface area contributed by atoms with Crippen LogP contribution in [0.15, 0.2) is 56.9 Å². The molecule has 10 heteroatoms. The third-order valence-electron chi connectivity index (χ3n) is 4.09. The van der Waals surface area contributed by atoms with Gasteiger partial charge in [-0.3, -0.25) is 15.5 Å². The maximum atomic E-state index is 13.0. The van der Waals surface area contributed by atoms with Crippen molar-refractivity contribution in [1.82, 2.24) is 4.31 Å². The van der Waals surface area contributed by atoms with Crippen molar-refractivity contribution in [3.8, 4) is 0 Å². The Bertz CT molecular complexity index is 1000. The normalized spacial score (nSPS) is 12.2. The molecule has 8 nitrogen and oxygen atoms in total. The van der Waals surface area contributed by atoms with Crippen molar-refractivity contribution in [3.63, 3.8) is 0 Å². The predicted octanol–water partition coefficient (Wildman–Crippen LogP) is 4.22. The summed E-state index contributed by atoms with van der Waals surface area (Å²) in [6.07, 6.45) is 0. The first-order valence-corrected chi connectivity index (χ1v) is 10.8. The number of sulfonamides is 1. The molecule has 0 saturated heterocycles. The molecule has 0 fully saturated rings. The summed E-state index contributed by atoms with van der Waals surface area (Å²) in [5, 5.41) is 15.4. The highest BCUT2D eigenvalue weighted by Gasteiger charge is 2.27. The van der Waals surface area contributed by atoms with E-state index in [4.69, 9.17) is 0 Å². The molecule has 0 spiro atoms. The van der Waals surface area contributed by atoms with Gasteiger partial charge >= 0.3 is 0 Å². The molecule has 2 aromatic rings. The lowest BCUT2D eigenvalue weighted by Crippen LogP contribution is -2.31. The van der Waals surface area contributed by atoms with E-state index >= 15 is 0 Å². The van der Waals surface area contributed by atoms with Gasteiger partial charge in [0.2, 0.25) is 10.0 Å². The minimum Gasteiger partial charge on any atom is -0.277 e. The predicted molar refractivity (Wildman–Crippen MR) is 113 cm³/mol. The maximum Gasteiger partial charge on any atom is 0.270 e. The van der Waals surface area contributed by atoms with Crippen LogP contribution in [0.3, 0.4) is 0 Å². The van der Waals surface area contributed by atoms with Gasteiger partial charge in [0.25, 0.3) is 5.69 Å². The van der Waals surface area contributed by atoms with Gasteiger partial charge in [0, 0.05) is 29.7 Å². The minimum absolute atomic E-state index is 0.173. The van der Waals surface area contributed by atoms with Crippen LogP contribution in [0.2, 0.25) is 0 Å². The zero-order chi connectivity index (χ0) is 20.9. The van der Waals surface area contributed by atoms with Crippen LogP contribution in [0.4, 0.5) is 11.4 Å². The molecule has 0 heterocycles. The van der Waals surface area contributed by atoms with E-state index in [1.165, 1.54) is 16.4 Å². The Balaban J connectivity index is 2.49. The second-order valence-corrected chi connectivity index (χ2v) is 8.67. The number of anilines is 1. The molecule has 0 radical (unpaired) electrons. The van der Waals surface area contributed by atoms with E-state index in [9.17, 15) is 18.5 Å². The highest BCUT2D eigenvalue weighted by Crippen LogP contribution is 2.29. The van der Waals surface area contributed by atoms with Crippen LogP contribution in [-0.4, -0.2) is 36.4 Å². The fourth-order valence-electron chi connectivity index (χ4n) is 2.56. The third kappa shape index (κ3) is 4.94. The molecule has 0 aromatic heterocycles. The largest absolute Gasteiger partial charge is 0.277 e. The molecule has 0 unspecified atom stereocenters. The molecule has 0 atom stereocenters. The first kappa shape index (κ1) is 22.0. The summed E-state index contributed by atoms with van der Waals surface area (Å²) in [7, 11) is -3.92. The van der Waals surface area contributed by atoms with Crippen molar-refractivity contribution in [2.45, 2.75) is 25.7 Å². The van der Waals surface area contributed by atoms with Gasteiger partial charge in [-0.15, -0.1) is 0 Å². The third-order valence-corrected chi connectivity index (χ3v) is 6.67. The number of hydrogen-bond acceptors (Lipinski definition) is 6. The number of halogens is 1. The quantitative estimate of drug-likeness (QED) is 0.354. The average molecular weight is 469 g/mol. The molecule has 150 valence electrons. The number of nitrogens with one attached hydrogen (secondary N) is 1. The Morgan fingerprint density at radius 1 is 1.21 bits per heavy atom. The van der Waals surface area contributed by atoms with Crippen LogP contribution in [0, 0.1) is 10.1 Å². The molecule has 28 heavy (non-hydrogen) atoms. The van der Waals surface area contributed by atoms with Crippen molar-refractivity contribution in [2.75, 3.05) is 18.5 Å². The number of nitrogens with zero attached hydrogens (tertiary/aromatic N) is 3. The number of rotatable bonds is 8. The number of nitro benzene ring substituents is 1. The van der Waals surface area contributed by atoms with Gasteiger partial charge in [-0.05, 0) is 30.7 Å². The van der Waals surface area contributed by atoms with E-state index in [-0.39, 0.29) is 29.4 Å². The molecule has 0 aliphatic carbocycles. The number of benzene rings is 2. The van der Waals surface area contributed by atoms with Crippen LogP contribution < -0.4 is 5.43 Å². The average Bonchev–Trinajstić information content (AvgIpc) is 2.66. The van der Waals surface area contributed by atoms with Gasteiger partial charge in [0.15, 0.2) is 0 Å². The zero-order valence-corrected chi connectivity index (χ0v) is 18.1. The highest BCUT2D eigenvalue weighted by molar-refractivity contribution is 9.10. The Kier molecular flexibility index (Phi) is 7.28. The molecule has 2 rings (SSSR count). The number of hydrazone groups is 1. The lowest BCUT2D eigenvalue weighted by molar-refractivity contribution is -0.385. The summed E-state index contributed by atoms with van der Waals surface area (Å²) in [4.78, 5) is 10.3. The maximum absolute atomic E-state index is 13.0. The number of nitro groups is 1. The fraction of sp³-hybridized carbons (Fsp3) is 0.278. The van der Waals surface area contributed by atoms with Gasteiger partial charge in [0.1, 0.15) is 4.90 Å². The first-order chi connectivity index (χ1) is 13.2. The number of non-ortho nitro benzene ring substituents is 1. The van der Waals surface area contributed by atoms with Gasteiger partial charge in [0.05, 0.1) is 16.3 Å². The van der Waals surface area contributed by atoms with E-state index in [1.54, 1.807) is 20.8 Å². The van der Waals surface area contributed by atoms with Gasteiger partial charge in [-0.1, -0.05) is 41.9 Å². The lowest BCUT2D eigenvalue weighted by Gasteiger charge is -2.20. The van der Waals surface area contributed by atoms with E-state index in [0.29, 0.717) is 5.71 Å². The fourth-order valence-corrected chi connectivity index (χ4v) is 4.57. The molecule has 0 saturated carbocycles. The van der Waals surface area contributed by atoms with Crippen molar-refractivity contribution in [3.05, 3.63) is 62.6 Å². The SMILES string of the molecule is CCN(CC)S(=O)(=O)c1cc([N+](=O)[O-])ccc1N/N=C(/C)c1cccc(Br)c1. The molecule has 2 aromatic carbocycles. The second-order valence-electron chi connectivity index (χ2n) is 5.85. The van der Waals surface area contributed by atoms with Crippen LogP contribution in [-0.2, 0) is 10.0 Å². The zero-order valence-electron chi connectivity index (χ0n) is 15.7. The summed E-state index contributed by atoms with van der Waals surface area (Å²) in [6.45, 7) is 5.70. The summed E-state index contributed by atoms with van der Waals surface area (Å²) < 4.78 is 28.0. The molecule has 0 bridgehead atoms. The van der Waals surface area contributed by atoms with E-state index < -0.39 is 14.9 Å². The smallest absolute Gasteiger partial charge is 0.270 e. The Labute approximate surface area is 172 Å². The minimum atomic E-state index is -3.92. The van der Waals surface area contributed by atoms with Gasteiger partial charge < -0.3 is 0 Å². The molecule has 0 aliphatic heterocycles. The van der Waals surface area contributed by atoms with Gasteiger partial charge in [-0.2, -0.15) is 9.41 Å². The van der Waals surface area contributed by atoms with Crippen LogP contribution in [0.25, 0.3) is 0 Å². The van der Waals surface area contributed by atoms with Crippen molar-refractivity contribution >= 4 is 43.0 Å². The Hall–Kier alpha value is -2.30. The van der Waals surface area contributed by atoms with Gasteiger partial charge in [-0.25, -0.2) is 8.42 Å². The monoisotopic (exact) mass is 468 g/mol. The molecule has 0 amide bonds. The topological polar surface area (TPSA) is 105 Å². The molecule has 1 N–H and O–H groups in total. The standard InChI is InChI=1S/C18H21BrN4O4S/c1-4-22(5-2)28(26,27)18-12-16(23(24)25)9-10-17(18)21-20-13(3)14-7-6-8-15(19)11-14/h6-12,21H,4-5H2,1-3H3/b20-13-. The lowest BCUT2D eigenvalue weighted by atomic mass is 10.1. The van der Waals surface area contributed by atoms with Crippen LogP contribution in [0.5, 0.6) is 0 Å². The number of hydrogen-bond donors (Lipinski definition) is 1. The van der Waals surface area contributed by atoms with Crippen LogP contribution in [0.1, 0.15) is 26.3 Å². The summed E-state index contributed by atoms with van der Waals surface area (Å²) in [6, 6.07) is 11.1. The summed E-state index contributed by atoms with van der Waals surface area (Å²) in [5.41, 5.74) is 4.10. The van der Waals surface area contributed by atoms with Crippen molar-refractivity contribution in [1.29, 1.82) is 0 Å². The molecular formula is C18H21BrN4O4S. The Morgan fingerprint density at radius 2 is 1.89 bits per heavy atom. The van der Waals surface area contributed by atoms with Crippen molar-refractivity contribution in [2.24, 2.45) is 5.10 Å². The van der Waals surface area contributed by atoms with E-state index in [0.717, 1.165) is 16.1 Å². The van der Waals surface area contributed by atoms with E-state index in [1.807, 2.05) is 24.3 Å². The highest BCUT2D eigenvalue weighted by atomic mass is 79.9. The molecular weight excluding hydrogens is 448 g/mol. The van der Waals surface area contributed by atoms with Crippen LogP contribution >= 0.6 is 15.9 Å². The summed E-state index contributed by atoms with van der Waals surface area (Å²) >= 11 is 3.39. The molecule has 0 aliphatic rings. The Morgan fingerprint density at radius 3 is 2.46 bits per heavy atom. The summed E-state index contributed by atoms with van der Waals surface area (Å²) in [5.74, 6) is 0. The van der Waals surface area contributed by atoms with Crippen molar-refractivity contribution < 1.29 is 13.3 Å². The first-order valence-electron chi connectivity index (χ1n) is 8.55. The second kappa shape index (κ2) is 9.26.